The standard InChI is InChI=1S/C15H12Cl3N3O2/c1-9(13-4-2-3-5-19-13)20-21-15(22)8-23-14-7-11(17)10(16)6-12(14)18/h2-7H,8H2,1H3,(H,21,22)/b20-9-. The van der Waals surface area contributed by atoms with Gasteiger partial charge in [-0.2, -0.15) is 5.10 Å². The molecule has 23 heavy (non-hydrogen) atoms. The van der Waals surface area contributed by atoms with Crippen LogP contribution in [0, 0.1) is 0 Å². The Kier molecular flexibility index (Phi) is 6.21. The molecule has 0 bridgehead atoms. The highest BCUT2D eigenvalue weighted by Gasteiger charge is 2.09. The van der Waals surface area contributed by atoms with Crippen molar-refractivity contribution in [3.8, 4) is 5.75 Å². The first-order valence-corrected chi connectivity index (χ1v) is 7.62. The fraction of sp³-hybridized carbons (Fsp3) is 0.133. The molecule has 1 aromatic carbocycles. The van der Waals surface area contributed by atoms with Gasteiger partial charge in [0, 0.05) is 12.3 Å². The van der Waals surface area contributed by atoms with Crippen LogP contribution in [-0.4, -0.2) is 23.2 Å². The lowest BCUT2D eigenvalue weighted by molar-refractivity contribution is -0.123. The van der Waals surface area contributed by atoms with Gasteiger partial charge in [0.15, 0.2) is 6.61 Å². The number of aromatic nitrogens is 1. The molecule has 1 aromatic heterocycles. The van der Waals surface area contributed by atoms with Crippen LogP contribution < -0.4 is 10.2 Å². The molecular weight excluding hydrogens is 361 g/mol. The molecule has 8 heteroatoms. The Morgan fingerprint density at radius 3 is 2.65 bits per heavy atom. The Bertz CT molecular complexity index is 736. The van der Waals surface area contributed by atoms with Gasteiger partial charge in [0.1, 0.15) is 5.75 Å². The van der Waals surface area contributed by atoms with Gasteiger partial charge < -0.3 is 4.74 Å². The van der Waals surface area contributed by atoms with Crippen LogP contribution in [0.5, 0.6) is 5.75 Å². The van der Waals surface area contributed by atoms with Crippen LogP contribution in [0.2, 0.25) is 15.1 Å². The first-order chi connectivity index (χ1) is 11.0. The summed E-state index contributed by atoms with van der Waals surface area (Å²) < 4.78 is 5.30. The van der Waals surface area contributed by atoms with Crippen LogP contribution >= 0.6 is 34.8 Å². The summed E-state index contributed by atoms with van der Waals surface area (Å²) >= 11 is 17.6. The molecule has 0 saturated carbocycles. The number of nitrogens with one attached hydrogen (secondary N) is 1. The van der Waals surface area contributed by atoms with Crippen molar-refractivity contribution in [2.45, 2.75) is 6.92 Å². The molecule has 0 atom stereocenters. The number of hydrazone groups is 1. The average Bonchev–Trinajstić information content (AvgIpc) is 2.55. The van der Waals surface area contributed by atoms with Crippen LogP contribution in [0.1, 0.15) is 12.6 Å². The second-order valence-electron chi connectivity index (χ2n) is 4.43. The zero-order valence-corrected chi connectivity index (χ0v) is 14.3. The predicted molar refractivity (Wildman–Crippen MR) is 91.6 cm³/mol. The number of hydrogen-bond donors (Lipinski definition) is 1. The van der Waals surface area contributed by atoms with E-state index in [1.54, 1.807) is 25.3 Å². The molecule has 0 spiro atoms. The Morgan fingerprint density at radius 1 is 1.22 bits per heavy atom. The molecule has 0 saturated heterocycles. The number of nitrogens with zero attached hydrogens (tertiary/aromatic N) is 2. The van der Waals surface area contributed by atoms with Gasteiger partial charge in [0.2, 0.25) is 0 Å². The van der Waals surface area contributed by atoms with E-state index in [0.29, 0.717) is 16.4 Å². The fourth-order valence-corrected chi connectivity index (χ4v) is 2.16. The van der Waals surface area contributed by atoms with Crippen LogP contribution in [0.3, 0.4) is 0 Å². The quantitative estimate of drug-likeness (QED) is 0.491. The molecule has 0 fully saturated rings. The lowest BCUT2D eigenvalue weighted by Gasteiger charge is -2.08. The van der Waals surface area contributed by atoms with E-state index in [9.17, 15) is 4.79 Å². The Labute approximate surface area is 148 Å². The zero-order chi connectivity index (χ0) is 16.8. The minimum absolute atomic E-state index is 0.264. The maximum Gasteiger partial charge on any atom is 0.277 e. The minimum atomic E-state index is -0.442. The zero-order valence-electron chi connectivity index (χ0n) is 12.0. The molecule has 0 radical (unpaired) electrons. The van der Waals surface area contributed by atoms with Gasteiger partial charge in [0.05, 0.1) is 26.5 Å². The molecule has 0 aliphatic heterocycles. The number of carbonyl (C=O) groups excluding carboxylic acids is 1. The maximum absolute atomic E-state index is 11.7. The largest absolute Gasteiger partial charge is 0.482 e. The van der Waals surface area contributed by atoms with Gasteiger partial charge in [-0.05, 0) is 25.1 Å². The van der Waals surface area contributed by atoms with Gasteiger partial charge in [-0.15, -0.1) is 0 Å². The summed E-state index contributed by atoms with van der Waals surface area (Å²) in [5.74, 6) is -0.177. The third-order valence-electron chi connectivity index (χ3n) is 2.72. The first kappa shape index (κ1) is 17.5. The monoisotopic (exact) mass is 371 g/mol. The van der Waals surface area contributed by atoms with Gasteiger partial charge >= 0.3 is 0 Å². The molecule has 0 aliphatic rings. The van der Waals surface area contributed by atoms with Crippen LogP contribution in [0.25, 0.3) is 0 Å². The summed E-state index contributed by atoms with van der Waals surface area (Å²) in [5, 5.41) is 4.82. The van der Waals surface area contributed by atoms with Crippen molar-refractivity contribution in [1.29, 1.82) is 0 Å². The number of carbonyl (C=O) groups is 1. The molecular formula is C15H12Cl3N3O2. The number of amides is 1. The number of pyridine rings is 1. The summed E-state index contributed by atoms with van der Waals surface area (Å²) in [4.78, 5) is 15.9. The van der Waals surface area contributed by atoms with E-state index in [-0.39, 0.29) is 22.4 Å². The highest BCUT2D eigenvalue weighted by Crippen LogP contribution is 2.33. The van der Waals surface area contributed by atoms with Crippen molar-refractivity contribution in [3.63, 3.8) is 0 Å². The van der Waals surface area contributed by atoms with Crippen molar-refractivity contribution in [2.75, 3.05) is 6.61 Å². The van der Waals surface area contributed by atoms with Crippen molar-refractivity contribution >= 4 is 46.4 Å². The van der Waals surface area contributed by atoms with Crippen LogP contribution in [0.4, 0.5) is 0 Å². The highest BCUT2D eigenvalue weighted by atomic mass is 35.5. The van der Waals surface area contributed by atoms with Crippen molar-refractivity contribution < 1.29 is 9.53 Å². The van der Waals surface area contributed by atoms with E-state index in [1.807, 2.05) is 6.07 Å². The minimum Gasteiger partial charge on any atom is -0.482 e. The Morgan fingerprint density at radius 2 is 1.96 bits per heavy atom. The van der Waals surface area contributed by atoms with Crippen molar-refractivity contribution in [2.24, 2.45) is 5.10 Å². The molecule has 0 unspecified atom stereocenters. The third-order valence-corrected chi connectivity index (χ3v) is 3.73. The van der Waals surface area contributed by atoms with Gasteiger partial charge in [-0.3, -0.25) is 9.78 Å². The molecule has 1 heterocycles. The first-order valence-electron chi connectivity index (χ1n) is 6.49. The number of hydrogen-bond acceptors (Lipinski definition) is 4. The molecule has 1 N–H and O–H groups in total. The van der Waals surface area contributed by atoms with E-state index in [1.165, 1.54) is 12.1 Å². The lowest BCUT2D eigenvalue weighted by Crippen LogP contribution is -2.25. The topological polar surface area (TPSA) is 63.6 Å². The molecule has 5 nitrogen and oxygen atoms in total. The van der Waals surface area contributed by atoms with E-state index < -0.39 is 5.91 Å². The van der Waals surface area contributed by atoms with Gasteiger partial charge in [-0.1, -0.05) is 40.9 Å². The van der Waals surface area contributed by atoms with Crippen molar-refractivity contribution in [1.82, 2.24) is 10.4 Å². The van der Waals surface area contributed by atoms with E-state index in [0.717, 1.165) is 0 Å². The summed E-state index contributed by atoms with van der Waals surface area (Å²) in [6, 6.07) is 8.31. The van der Waals surface area contributed by atoms with E-state index >= 15 is 0 Å². The molecule has 0 aliphatic carbocycles. The normalized spacial score (nSPS) is 11.2. The molecule has 1 amide bonds. The predicted octanol–water partition coefficient (Wildman–Crippen LogP) is 3.96. The summed E-state index contributed by atoms with van der Waals surface area (Å²) in [6.45, 7) is 1.47. The second-order valence-corrected chi connectivity index (χ2v) is 5.65. The molecule has 120 valence electrons. The van der Waals surface area contributed by atoms with Crippen molar-refractivity contribution in [3.05, 3.63) is 57.3 Å². The Hall–Kier alpha value is -1.82. The smallest absolute Gasteiger partial charge is 0.277 e. The van der Waals surface area contributed by atoms with E-state index in [2.05, 4.69) is 15.5 Å². The van der Waals surface area contributed by atoms with Crippen LogP contribution in [0.15, 0.2) is 41.6 Å². The van der Waals surface area contributed by atoms with E-state index in [4.69, 9.17) is 39.5 Å². The number of benzene rings is 1. The lowest BCUT2D eigenvalue weighted by atomic mass is 10.3. The SMILES string of the molecule is C/C(=N/NC(=O)COc1cc(Cl)c(Cl)cc1Cl)c1ccccn1. The van der Waals surface area contributed by atoms with Gasteiger partial charge in [0.25, 0.3) is 5.91 Å². The fourth-order valence-electron chi connectivity index (χ4n) is 1.57. The van der Waals surface area contributed by atoms with Gasteiger partial charge in [-0.25, -0.2) is 5.43 Å². The summed E-state index contributed by atoms with van der Waals surface area (Å²) in [5.41, 5.74) is 3.62. The number of halogens is 3. The highest BCUT2D eigenvalue weighted by molar-refractivity contribution is 6.43. The average molecular weight is 373 g/mol. The Balaban J connectivity index is 1.92. The molecule has 2 aromatic rings. The second kappa shape index (κ2) is 8.15. The number of rotatable bonds is 5. The molecule has 2 rings (SSSR count). The summed E-state index contributed by atoms with van der Waals surface area (Å²) in [7, 11) is 0. The number of ether oxygens (including phenoxy) is 1. The third kappa shape index (κ3) is 5.10. The summed E-state index contributed by atoms with van der Waals surface area (Å²) in [6.07, 6.45) is 1.64. The maximum atomic E-state index is 11.7. The van der Waals surface area contributed by atoms with Crippen LogP contribution in [-0.2, 0) is 4.79 Å².